The van der Waals surface area contributed by atoms with Crippen molar-refractivity contribution in [1.82, 2.24) is 5.32 Å². The molecule has 0 atom stereocenters. The third kappa shape index (κ3) is 3.03. The van der Waals surface area contributed by atoms with E-state index in [1.807, 2.05) is 0 Å². The van der Waals surface area contributed by atoms with Crippen LogP contribution in [-0.2, 0) is 6.54 Å². The first kappa shape index (κ1) is 12.5. The highest BCUT2D eigenvalue weighted by molar-refractivity contribution is 5.19. The Labute approximate surface area is 101 Å². The zero-order valence-electron chi connectivity index (χ0n) is 10.2. The van der Waals surface area contributed by atoms with Gasteiger partial charge in [0.05, 0.1) is 0 Å². The number of nitrogens with one attached hydrogen (secondary N) is 1. The zero-order chi connectivity index (χ0) is 12.3. The molecule has 0 radical (unpaired) electrons. The van der Waals surface area contributed by atoms with Gasteiger partial charge in [-0.25, -0.2) is 8.78 Å². The van der Waals surface area contributed by atoms with E-state index in [1.165, 1.54) is 43.9 Å². The lowest BCUT2D eigenvalue weighted by Crippen LogP contribution is -2.24. The second-order valence-electron chi connectivity index (χ2n) is 5.05. The van der Waals surface area contributed by atoms with E-state index < -0.39 is 11.6 Å². The summed E-state index contributed by atoms with van der Waals surface area (Å²) in [6, 6.07) is 4.01. The van der Waals surface area contributed by atoms with Crippen molar-refractivity contribution in [2.24, 2.45) is 5.41 Å². The third-order valence-corrected chi connectivity index (χ3v) is 3.60. The highest BCUT2D eigenvalue weighted by Crippen LogP contribution is 2.48. The maximum atomic E-state index is 13.4. The summed E-state index contributed by atoms with van der Waals surface area (Å²) in [4.78, 5) is 0. The second kappa shape index (κ2) is 5.13. The molecule has 0 heterocycles. The fourth-order valence-corrected chi connectivity index (χ4v) is 2.38. The van der Waals surface area contributed by atoms with Gasteiger partial charge in [-0.1, -0.05) is 19.4 Å². The molecule has 1 saturated carbocycles. The summed E-state index contributed by atoms with van der Waals surface area (Å²) in [6.45, 7) is 3.33. The second-order valence-corrected chi connectivity index (χ2v) is 5.05. The quantitative estimate of drug-likeness (QED) is 0.799. The van der Waals surface area contributed by atoms with Crippen molar-refractivity contribution in [3.05, 3.63) is 35.4 Å². The highest BCUT2D eigenvalue weighted by atomic mass is 19.1. The predicted molar refractivity (Wildman–Crippen MR) is 64.6 cm³/mol. The lowest BCUT2D eigenvalue weighted by atomic mass is 10.0. The van der Waals surface area contributed by atoms with E-state index in [0.29, 0.717) is 5.41 Å². The van der Waals surface area contributed by atoms with Crippen LogP contribution in [0.15, 0.2) is 18.2 Å². The molecule has 1 N–H and O–H groups in total. The molecule has 17 heavy (non-hydrogen) atoms. The normalized spacial score (nSPS) is 17.1. The number of rotatable bonds is 6. The van der Waals surface area contributed by atoms with Gasteiger partial charge in [-0.3, -0.25) is 0 Å². The lowest BCUT2D eigenvalue weighted by Gasteiger charge is -2.15. The first-order chi connectivity index (χ1) is 8.17. The van der Waals surface area contributed by atoms with E-state index in [4.69, 9.17) is 0 Å². The molecule has 0 bridgehead atoms. The largest absolute Gasteiger partial charge is 0.312 e. The molecule has 0 amide bonds. The van der Waals surface area contributed by atoms with Gasteiger partial charge in [0.2, 0.25) is 0 Å². The fourth-order valence-electron chi connectivity index (χ4n) is 2.38. The van der Waals surface area contributed by atoms with Crippen LogP contribution >= 0.6 is 0 Å². The van der Waals surface area contributed by atoms with Crippen LogP contribution in [0.3, 0.4) is 0 Å². The Morgan fingerprint density at radius 1 is 1.24 bits per heavy atom. The van der Waals surface area contributed by atoms with E-state index in [2.05, 4.69) is 12.2 Å². The molecule has 2 rings (SSSR count). The summed E-state index contributed by atoms with van der Waals surface area (Å²) in [6.07, 6.45) is 4.87. The molecule has 1 nitrogen and oxygen atoms in total. The van der Waals surface area contributed by atoms with Gasteiger partial charge in [-0.05, 0) is 36.8 Å². The first-order valence-electron chi connectivity index (χ1n) is 6.30. The highest BCUT2D eigenvalue weighted by Gasteiger charge is 2.40. The Bertz CT molecular complexity index is 366. The molecular formula is C14H19F2N. The Morgan fingerprint density at radius 2 is 1.88 bits per heavy atom. The summed E-state index contributed by atoms with van der Waals surface area (Å²) in [7, 11) is 0. The third-order valence-electron chi connectivity index (χ3n) is 3.60. The summed E-state index contributed by atoms with van der Waals surface area (Å²) in [5, 5.41) is 3.19. The van der Waals surface area contributed by atoms with Gasteiger partial charge in [-0.15, -0.1) is 0 Å². The van der Waals surface area contributed by atoms with Crippen molar-refractivity contribution in [3.8, 4) is 0 Å². The van der Waals surface area contributed by atoms with E-state index in [1.54, 1.807) is 0 Å². The maximum Gasteiger partial charge on any atom is 0.130 e. The summed E-state index contributed by atoms with van der Waals surface area (Å²) in [5.41, 5.74) is 0.566. The predicted octanol–water partition coefficient (Wildman–Crippen LogP) is 3.63. The summed E-state index contributed by atoms with van der Waals surface area (Å²) in [5.74, 6) is -0.921. The van der Waals surface area contributed by atoms with Crippen LogP contribution < -0.4 is 5.32 Å². The van der Waals surface area contributed by atoms with Crippen molar-refractivity contribution in [2.75, 3.05) is 6.54 Å². The molecule has 3 heteroatoms. The maximum absolute atomic E-state index is 13.4. The fraction of sp³-hybridized carbons (Fsp3) is 0.571. The van der Waals surface area contributed by atoms with Gasteiger partial charge >= 0.3 is 0 Å². The molecule has 0 saturated heterocycles. The number of benzene rings is 1. The molecule has 1 aliphatic carbocycles. The topological polar surface area (TPSA) is 12.0 Å². The van der Waals surface area contributed by atoms with Crippen LogP contribution in [0.5, 0.6) is 0 Å². The van der Waals surface area contributed by atoms with Gasteiger partial charge in [0.1, 0.15) is 11.6 Å². The van der Waals surface area contributed by atoms with Crippen molar-refractivity contribution in [3.63, 3.8) is 0 Å². The molecule has 1 aromatic carbocycles. The van der Waals surface area contributed by atoms with Gasteiger partial charge in [0.15, 0.2) is 0 Å². The molecule has 1 aliphatic rings. The van der Waals surface area contributed by atoms with E-state index >= 15 is 0 Å². The van der Waals surface area contributed by atoms with Crippen LogP contribution in [-0.4, -0.2) is 6.54 Å². The van der Waals surface area contributed by atoms with Crippen LogP contribution in [0.25, 0.3) is 0 Å². The molecule has 0 unspecified atom stereocenters. The summed E-state index contributed by atoms with van der Waals surface area (Å²) < 4.78 is 26.7. The van der Waals surface area contributed by atoms with E-state index in [9.17, 15) is 8.78 Å². The van der Waals surface area contributed by atoms with Crippen molar-refractivity contribution in [2.45, 2.75) is 39.2 Å². The van der Waals surface area contributed by atoms with Gasteiger partial charge in [-0.2, -0.15) is 0 Å². The summed E-state index contributed by atoms with van der Waals surface area (Å²) >= 11 is 0. The van der Waals surface area contributed by atoms with Crippen LogP contribution in [0.2, 0.25) is 0 Å². The lowest BCUT2D eigenvalue weighted by molar-refractivity contribution is 0.414. The average molecular weight is 239 g/mol. The van der Waals surface area contributed by atoms with Crippen molar-refractivity contribution in [1.29, 1.82) is 0 Å². The zero-order valence-corrected chi connectivity index (χ0v) is 10.2. The number of hydrogen-bond acceptors (Lipinski definition) is 1. The van der Waals surface area contributed by atoms with E-state index in [0.717, 1.165) is 6.54 Å². The Kier molecular flexibility index (Phi) is 3.77. The van der Waals surface area contributed by atoms with Crippen LogP contribution in [0.1, 0.15) is 38.2 Å². The Hall–Kier alpha value is -0.960. The SMILES string of the molecule is CCCC1(CNCc2c(F)cccc2F)CC1. The molecule has 0 aliphatic heterocycles. The number of hydrogen-bond donors (Lipinski definition) is 1. The standard InChI is InChI=1S/C14H19F2N/c1-2-6-14(7-8-14)10-17-9-11-12(15)4-3-5-13(11)16/h3-5,17H,2,6-10H2,1H3. The van der Waals surface area contributed by atoms with Crippen LogP contribution in [0.4, 0.5) is 8.78 Å². The Balaban J connectivity index is 1.86. The molecule has 94 valence electrons. The minimum Gasteiger partial charge on any atom is -0.312 e. The number of halogens is 2. The average Bonchev–Trinajstić information content (AvgIpc) is 3.03. The Morgan fingerprint density at radius 3 is 2.41 bits per heavy atom. The minimum absolute atomic E-state index is 0.153. The molecule has 0 spiro atoms. The van der Waals surface area contributed by atoms with Gasteiger partial charge in [0.25, 0.3) is 0 Å². The smallest absolute Gasteiger partial charge is 0.130 e. The van der Waals surface area contributed by atoms with Crippen LogP contribution in [0, 0.1) is 17.0 Å². The van der Waals surface area contributed by atoms with Gasteiger partial charge in [0, 0.05) is 18.7 Å². The van der Waals surface area contributed by atoms with Crippen molar-refractivity contribution >= 4 is 0 Å². The monoisotopic (exact) mass is 239 g/mol. The first-order valence-corrected chi connectivity index (χ1v) is 6.30. The molecule has 0 aromatic heterocycles. The van der Waals surface area contributed by atoms with E-state index in [-0.39, 0.29) is 12.1 Å². The molecular weight excluding hydrogens is 220 g/mol. The minimum atomic E-state index is -0.460. The van der Waals surface area contributed by atoms with Gasteiger partial charge < -0.3 is 5.32 Å². The molecule has 1 aromatic rings. The van der Waals surface area contributed by atoms with Crippen molar-refractivity contribution < 1.29 is 8.78 Å². The molecule has 1 fully saturated rings.